The molecule has 0 radical (unpaired) electrons. The molecule has 4 rings (SSSR count). The Labute approximate surface area is 156 Å². The summed E-state index contributed by atoms with van der Waals surface area (Å²) in [7, 11) is 1.62. The van der Waals surface area contributed by atoms with Crippen LogP contribution in [0.5, 0.6) is 5.75 Å². The van der Waals surface area contributed by atoms with Crippen LogP contribution in [-0.4, -0.2) is 33.3 Å². The Balaban J connectivity index is 1.45. The van der Waals surface area contributed by atoms with Crippen molar-refractivity contribution in [1.82, 2.24) is 0 Å². The number of rotatable bonds is 5. The number of ether oxygens (including phenoxy) is 1. The predicted octanol–water partition coefficient (Wildman–Crippen LogP) is 0.347. The minimum absolute atomic E-state index is 0.290. The molecule has 0 atom stereocenters. The molecule has 6 heteroatoms. The summed E-state index contributed by atoms with van der Waals surface area (Å²) in [5, 5.41) is 3.16. The van der Waals surface area contributed by atoms with E-state index in [-0.39, 0.29) is 5.63 Å². The first-order valence-electron chi connectivity index (χ1n) is 9.01. The van der Waals surface area contributed by atoms with Crippen LogP contribution < -0.4 is 20.2 Å². The van der Waals surface area contributed by atoms with Crippen molar-refractivity contribution in [3.8, 4) is 5.75 Å². The van der Waals surface area contributed by atoms with Crippen molar-refractivity contribution in [3.63, 3.8) is 0 Å². The molecule has 1 saturated heterocycles. The van der Waals surface area contributed by atoms with Gasteiger partial charge in [0, 0.05) is 23.1 Å². The Hall–Kier alpha value is -2.15. The molecule has 136 valence electrons. The molecule has 26 heavy (non-hydrogen) atoms. The van der Waals surface area contributed by atoms with Crippen LogP contribution in [-0.2, 0) is 13.1 Å². The molecule has 1 aliphatic rings. The summed E-state index contributed by atoms with van der Waals surface area (Å²) >= 11 is 1.84. The lowest BCUT2D eigenvalue weighted by Crippen LogP contribution is -3.27. The lowest BCUT2D eigenvalue weighted by molar-refractivity contribution is -1.02. The normalized spacial score (nSPS) is 20.3. The highest BCUT2D eigenvalue weighted by Crippen LogP contribution is 2.22. The topological polar surface area (TPSA) is 48.3 Å². The van der Waals surface area contributed by atoms with Gasteiger partial charge in [0.05, 0.1) is 12.0 Å². The van der Waals surface area contributed by atoms with Crippen LogP contribution in [0.1, 0.15) is 10.4 Å². The van der Waals surface area contributed by atoms with Crippen molar-refractivity contribution in [2.24, 2.45) is 0 Å². The highest BCUT2D eigenvalue weighted by molar-refractivity contribution is 7.09. The number of nitrogens with one attached hydrogen (secondary N) is 2. The average Bonchev–Trinajstić information content (AvgIpc) is 3.15. The van der Waals surface area contributed by atoms with Crippen molar-refractivity contribution in [3.05, 3.63) is 62.6 Å². The quantitative estimate of drug-likeness (QED) is 0.636. The SMILES string of the molecule is COc1ccc2c(C[NH+]3CC[NH+](Cc4cccs4)CC3)cc(=O)oc2c1. The Morgan fingerprint density at radius 3 is 2.54 bits per heavy atom. The highest BCUT2D eigenvalue weighted by Gasteiger charge is 2.24. The van der Waals surface area contributed by atoms with Crippen molar-refractivity contribution in [1.29, 1.82) is 0 Å². The molecule has 3 heterocycles. The molecule has 0 unspecified atom stereocenters. The number of hydrogen-bond donors (Lipinski definition) is 2. The minimum Gasteiger partial charge on any atom is -0.497 e. The number of thiophene rings is 1. The molecule has 1 fully saturated rings. The zero-order valence-electron chi connectivity index (χ0n) is 14.9. The van der Waals surface area contributed by atoms with E-state index in [0.717, 1.165) is 37.1 Å². The third kappa shape index (κ3) is 3.82. The zero-order valence-corrected chi connectivity index (χ0v) is 15.7. The van der Waals surface area contributed by atoms with Gasteiger partial charge in [-0.2, -0.15) is 0 Å². The van der Waals surface area contributed by atoms with E-state index in [9.17, 15) is 4.79 Å². The number of piperazine rings is 1. The first-order chi connectivity index (χ1) is 12.7. The predicted molar refractivity (Wildman–Crippen MR) is 102 cm³/mol. The van der Waals surface area contributed by atoms with E-state index in [1.54, 1.807) is 24.1 Å². The molecule has 0 saturated carbocycles. The molecule has 0 amide bonds. The Kier molecular flexibility index (Phi) is 5.06. The maximum atomic E-state index is 12.0. The van der Waals surface area contributed by atoms with Gasteiger partial charge >= 0.3 is 5.63 Å². The Morgan fingerprint density at radius 2 is 1.85 bits per heavy atom. The molecule has 5 nitrogen and oxygen atoms in total. The van der Waals surface area contributed by atoms with Gasteiger partial charge in [0.1, 0.15) is 50.6 Å². The van der Waals surface area contributed by atoms with Crippen molar-refractivity contribution in [2.75, 3.05) is 33.3 Å². The van der Waals surface area contributed by atoms with Crippen LogP contribution >= 0.6 is 11.3 Å². The second kappa shape index (κ2) is 7.61. The summed E-state index contributed by atoms with van der Waals surface area (Å²) < 4.78 is 10.6. The van der Waals surface area contributed by atoms with Gasteiger partial charge in [-0.3, -0.25) is 0 Å². The summed E-state index contributed by atoms with van der Waals surface area (Å²) in [4.78, 5) is 16.6. The average molecular weight is 372 g/mol. The minimum atomic E-state index is -0.290. The summed E-state index contributed by atoms with van der Waals surface area (Å²) in [5.74, 6) is 0.705. The van der Waals surface area contributed by atoms with Crippen LogP contribution in [0.2, 0.25) is 0 Å². The van der Waals surface area contributed by atoms with E-state index in [1.807, 2.05) is 23.5 Å². The largest absolute Gasteiger partial charge is 0.497 e. The van der Waals surface area contributed by atoms with Gasteiger partial charge < -0.3 is 19.0 Å². The fourth-order valence-corrected chi connectivity index (χ4v) is 4.50. The van der Waals surface area contributed by atoms with Crippen LogP contribution in [0.25, 0.3) is 11.0 Å². The molecule has 3 aromatic rings. The summed E-state index contributed by atoms with van der Waals surface area (Å²) in [5.41, 5.74) is 1.38. The van der Waals surface area contributed by atoms with Gasteiger partial charge in [-0.25, -0.2) is 4.79 Å². The second-order valence-electron chi connectivity index (χ2n) is 6.89. The van der Waals surface area contributed by atoms with Crippen LogP contribution in [0.4, 0.5) is 0 Å². The number of fused-ring (bicyclic) bond motifs is 1. The molecule has 1 aromatic carbocycles. The standard InChI is InChI=1S/C20H22N2O3S/c1-24-16-4-5-18-15(11-20(23)25-19(18)12-16)13-21-6-8-22(9-7-21)14-17-3-2-10-26-17/h2-5,10-12H,6-9,13-14H2,1H3/p+2. The zero-order chi connectivity index (χ0) is 17.9. The Bertz CT molecular complexity index is 928. The molecule has 0 bridgehead atoms. The highest BCUT2D eigenvalue weighted by atomic mass is 32.1. The van der Waals surface area contributed by atoms with Gasteiger partial charge in [0.15, 0.2) is 0 Å². The molecule has 1 aliphatic heterocycles. The van der Waals surface area contributed by atoms with E-state index in [4.69, 9.17) is 9.15 Å². The van der Waals surface area contributed by atoms with E-state index < -0.39 is 0 Å². The molecular formula is C20H24N2O3S+2. The second-order valence-corrected chi connectivity index (χ2v) is 7.92. The van der Waals surface area contributed by atoms with Crippen molar-refractivity contribution in [2.45, 2.75) is 13.1 Å². The summed E-state index contributed by atoms with van der Waals surface area (Å²) in [6.07, 6.45) is 0. The fraction of sp³-hybridized carbons (Fsp3) is 0.350. The molecule has 0 spiro atoms. The number of benzene rings is 1. The lowest BCUT2D eigenvalue weighted by Gasteiger charge is -2.29. The number of hydrogen-bond acceptors (Lipinski definition) is 4. The number of methoxy groups -OCH3 is 1. The third-order valence-corrected chi connectivity index (χ3v) is 6.02. The first-order valence-corrected chi connectivity index (χ1v) is 9.89. The van der Waals surface area contributed by atoms with E-state index in [2.05, 4.69) is 17.5 Å². The third-order valence-electron chi connectivity index (χ3n) is 5.15. The van der Waals surface area contributed by atoms with E-state index >= 15 is 0 Å². The van der Waals surface area contributed by atoms with Crippen molar-refractivity contribution >= 4 is 22.3 Å². The Morgan fingerprint density at radius 1 is 1.08 bits per heavy atom. The molecular weight excluding hydrogens is 348 g/mol. The lowest BCUT2D eigenvalue weighted by atomic mass is 10.1. The maximum absolute atomic E-state index is 12.0. The molecule has 2 aromatic heterocycles. The van der Waals surface area contributed by atoms with Crippen LogP contribution in [0.3, 0.4) is 0 Å². The van der Waals surface area contributed by atoms with Gasteiger partial charge in [-0.1, -0.05) is 6.07 Å². The van der Waals surface area contributed by atoms with Gasteiger partial charge in [-0.05, 0) is 23.6 Å². The maximum Gasteiger partial charge on any atom is 0.336 e. The monoisotopic (exact) mass is 372 g/mol. The van der Waals surface area contributed by atoms with E-state index in [0.29, 0.717) is 11.3 Å². The fourth-order valence-electron chi connectivity index (χ4n) is 3.72. The molecule has 2 N–H and O–H groups in total. The van der Waals surface area contributed by atoms with Crippen LogP contribution in [0.15, 0.2) is 51.0 Å². The molecule has 0 aliphatic carbocycles. The van der Waals surface area contributed by atoms with Gasteiger partial charge in [0.25, 0.3) is 0 Å². The van der Waals surface area contributed by atoms with Gasteiger partial charge in [0.2, 0.25) is 0 Å². The van der Waals surface area contributed by atoms with Gasteiger partial charge in [-0.15, -0.1) is 11.3 Å². The summed E-state index contributed by atoms with van der Waals surface area (Å²) in [6, 6.07) is 11.7. The summed E-state index contributed by atoms with van der Waals surface area (Å²) in [6.45, 7) is 6.57. The van der Waals surface area contributed by atoms with Crippen molar-refractivity contribution < 1.29 is 19.0 Å². The number of quaternary nitrogens is 2. The first kappa shape index (κ1) is 17.3. The van der Waals surface area contributed by atoms with E-state index in [1.165, 1.54) is 22.9 Å². The smallest absolute Gasteiger partial charge is 0.336 e. The van der Waals surface area contributed by atoms with Crippen LogP contribution in [0, 0.1) is 0 Å².